The van der Waals surface area contributed by atoms with Gasteiger partial charge in [-0.3, -0.25) is 4.79 Å². The van der Waals surface area contributed by atoms with Crippen LogP contribution in [0.4, 0.5) is 0 Å². The maximum atomic E-state index is 11.0. The van der Waals surface area contributed by atoms with Crippen molar-refractivity contribution in [1.29, 1.82) is 0 Å². The fourth-order valence-corrected chi connectivity index (χ4v) is 1.38. The molecule has 0 saturated carbocycles. The molecule has 4 nitrogen and oxygen atoms in total. The van der Waals surface area contributed by atoms with Gasteiger partial charge in [0.25, 0.3) is 0 Å². The predicted octanol–water partition coefficient (Wildman–Crippen LogP) is 0.311. The van der Waals surface area contributed by atoms with E-state index in [4.69, 9.17) is 4.74 Å². The van der Waals surface area contributed by atoms with Crippen LogP contribution in [0.2, 0.25) is 0 Å². The van der Waals surface area contributed by atoms with Gasteiger partial charge in [0.15, 0.2) is 0 Å². The van der Waals surface area contributed by atoms with Crippen molar-refractivity contribution < 1.29 is 9.53 Å². The largest absolute Gasteiger partial charge is 0.461 e. The second-order valence-corrected chi connectivity index (χ2v) is 3.31. The molecule has 1 heterocycles. The number of hydrogen-bond donors (Lipinski definition) is 2. The third-order valence-corrected chi connectivity index (χ3v) is 2.25. The first-order valence-electron chi connectivity index (χ1n) is 4.87. The van der Waals surface area contributed by atoms with E-state index < -0.39 is 0 Å². The zero-order chi connectivity index (χ0) is 9.68. The smallest absolute Gasteiger partial charge is 0.305 e. The van der Waals surface area contributed by atoms with Crippen LogP contribution in [-0.2, 0) is 9.53 Å². The van der Waals surface area contributed by atoms with E-state index in [1.54, 1.807) is 0 Å². The molecule has 14 heavy (non-hydrogen) atoms. The van der Waals surface area contributed by atoms with Crippen molar-refractivity contribution in [3.05, 3.63) is 0 Å². The van der Waals surface area contributed by atoms with Gasteiger partial charge >= 0.3 is 5.97 Å². The van der Waals surface area contributed by atoms with Crippen LogP contribution in [0.25, 0.3) is 0 Å². The summed E-state index contributed by atoms with van der Waals surface area (Å²) in [5.74, 6) is -0.125. The van der Waals surface area contributed by atoms with E-state index in [2.05, 4.69) is 10.6 Å². The Morgan fingerprint density at radius 3 is 2.79 bits per heavy atom. The average Bonchev–Trinajstić information content (AvgIpc) is 2.19. The molecule has 0 radical (unpaired) electrons. The monoisotopic (exact) mass is 222 g/mol. The molecule has 2 atom stereocenters. The summed E-state index contributed by atoms with van der Waals surface area (Å²) in [5.41, 5.74) is 0. The van der Waals surface area contributed by atoms with Crippen molar-refractivity contribution >= 4 is 18.4 Å². The fraction of sp³-hybridized carbons (Fsp3) is 0.889. The second-order valence-electron chi connectivity index (χ2n) is 3.31. The molecular weight excluding hydrogens is 204 g/mol. The number of rotatable bonds is 3. The van der Waals surface area contributed by atoms with E-state index in [9.17, 15) is 4.79 Å². The Balaban J connectivity index is 0.00000169. The normalized spacial score (nSPS) is 23.4. The van der Waals surface area contributed by atoms with Crippen LogP contribution >= 0.6 is 12.4 Å². The SMILES string of the molecule is CCC(=O)OC(C)C1CNCCN1.Cl. The van der Waals surface area contributed by atoms with Crippen LogP contribution < -0.4 is 10.6 Å². The summed E-state index contributed by atoms with van der Waals surface area (Å²) in [7, 11) is 0. The molecule has 0 aliphatic carbocycles. The lowest BCUT2D eigenvalue weighted by Crippen LogP contribution is -2.54. The lowest BCUT2D eigenvalue weighted by Gasteiger charge is -2.29. The maximum absolute atomic E-state index is 11.0. The Labute approximate surface area is 91.2 Å². The minimum atomic E-state index is -0.125. The minimum absolute atomic E-state index is 0. The molecule has 1 saturated heterocycles. The third-order valence-electron chi connectivity index (χ3n) is 2.25. The summed E-state index contributed by atoms with van der Waals surface area (Å²) < 4.78 is 5.20. The van der Waals surface area contributed by atoms with Crippen LogP contribution in [0, 0.1) is 0 Å². The standard InChI is InChI=1S/C9H18N2O2.ClH/c1-3-9(12)13-7(2)8-6-10-4-5-11-8;/h7-8,10-11H,3-6H2,1-2H3;1H. The Morgan fingerprint density at radius 1 is 1.57 bits per heavy atom. The molecule has 2 N–H and O–H groups in total. The third kappa shape index (κ3) is 4.26. The highest BCUT2D eigenvalue weighted by atomic mass is 35.5. The van der Waals surface area contributed by atoms with Gasteiger partial charge in [-0.2, -0.15) is 0 Å². The number of carbonyl (C=O) groups is 1. The van der Waals surface area contributed by atoms with Crippen molar-refractivity contribution in [3.63, 3.8) is 0 Å². The van der Waals surface area contributed by atoms with E-state index in [1.165, 1.54) is 0 Å². The highest BCUT2D eigenvalue weighted by Crippen LogP contribution is 2.01. The Morgan fingerprint density at radius 2 is 2.29 bits per heavy atom. The van der Waals surface area contributed by atoms with Gasteiger partial charge in [-0.05, 0) is 6.92 Å². The molecule has 5 heteroatoms. The summed E-state index contributed by atoms with van der Waals surface area (Å²) in [5, 5.41) is 6.56. The Bertz CT molecular complexity index is 172. The Kier molecular flexibility index (Phi) is 6.87. The van der Waals surface area contributed by atoms with Crippen molar-refractivity contribution in [2.24, 2.45) is 0 Å². The lowest BCUT2D eigenvalue weighted by molar-refractivity contribution is -0.149. The van der Waals surface area contributed by atoms with Crippen molar-refractivity contribution in [2.75, 3.05) is 19.6 Å². The predicted molar refractivity (Wildman–Crippen MR) is 57.8 cm³/mol. The number of esters is 1. The minimum Gasteiger partial charge on any atom is -0.461 e. The topological polar surface area (TPSA) is 50.4 Å². The van der Waals surface area contributed by atoms with Crippen LogP contribution in [0.5, 0.6) is 0 Å². The van der Waals surface area contributed by atoms with Crippen molar-refractivity contribution in [1.82, 2.24) is 10.6 Å². The van der Waals surface area contributed by atoms with E-state index in [0.717, 1.165) is 19.6 Å². The maximum Gasteiger partial charge on any atom is 0.305 e. The van der Waals surface area contributed by atoms with E-state index in [-0.39, 0.29) is 30.5 Å². The average molecular weight is 223 g/mol. The molecule has 1 fully saturated rings. The first kappa shape index (κ1) is 13.7. The molecule has 1 rings (SSSR count). The molecule has 2 unspecified atom stereocenters. The first-order chi connectivity index (χ1) is 6.24. The fourth-order valence-electron chi connectivity index (χ4n) is 1.38. The van der Waals surface area contributed by atoms with Gasteiger partial charge in [0.2, 0.25) is 0 Å². The van der Waals surface area contributed by atoms with Gasteiger partial charge in [-0.25, -0.2) is 0 Å². The molecular formula is C9H19ClN2O2. The number of piperazine rings is 1. The van der Waals surface area contributed by atoms with Gasteiger partial charge in [-0.15, -0.1) is 12.4 Å². The van der Waals surface area contributed by atoms with Gasteiger partial charge in [0.05, 0.1) is 6.04 Å². The summed E-state index contributed by atoms with van der Waals surface area (Å²) >= 11 is 0. The van der Waals surface area contributed by atoms with Crippen molar-refractivity contribution in [2.45, 2.75) is 32.4 Å². The van der Waals surface area contributed by atoms with E-state index in [0.29, 0.717) is 6.42 Å². The van der Waals surface area contributed by atoms with Gasteiger partial charge in [-0.1, -0.05) is 6.92 Å². The number of ether oxygens (including phenoxy) is 1. The van der Waals surface area contributed by atoms with Crippen LogP contribution in [-0.4, -0.2) is 37.7 Å². The van der Waals surface area contributed by atoms with Crippen molar-refractivity contribution in [3.8, 4) is 0 Å². The number of nitrogens with one attached hydrogen (secondary N) is 2. The number of carbonyl (C=O) groups excluding carboxylic acids is 1. The molecule has 0 bridgehead atoms. The van der Waals surface area contributed by atoms with E-state index >= 15 is 0 Å². The molecule has 0 spiro atoms. The number of hydrogen-bond acceptors (Lipinski definition) is 4. The van der Waals surface area contributed by atoms with Gasteiger partial charge in [0, 0.05) is 26.1 Å². The number of halogens is 1. The van der Waals surface area contributed by atoms with Gasteiger partial charge < -0.3 is 15.4 Å². The van der Waals surface area contributed by atoms with Crippen LogP contribution in [0.3, 0.4) is 0 Å². The second kappa shape index (κ2) is 7.04. The molecule has 84 valence electrons. The van der Waals surface area contributed by atoms with Crippen LogP contribution in [0.15, 0.2) is 0 Å². The highest BCUT2D eigenvalue weighted by molar-refractivity contribution is 5.85. The molecule has 0 aromatic rings. The summed E-state index contributed by atoms with van der Waals surface area (Å²) in [6.45, 7) is 6.54. The van der Waals surface area contributed by atoms with Gasteiger partial charge in [0.1, 0.15) is 6.10 Å². The van der Waals surface area contributed by atoms with Crippen LogP contribution in [0.1, 0.15) is 20.3 Å². The highest BCUT2D eigenvalue weighted by Gasteiger charge is 2.21. The molecule has 1 aliphatic rings. The molecule has 0 aromatic heterocycles. The molecule has 0 amide bonds. The zero-order valence-corrected chi connectivity index (χ0v) is 9.52. The molecule has 0 aromatic carbocycles. The first-order valence-corrected chi connectivity index (χ1v) is 4.87. The Hall–Kier alpha value is -0.320. The lowest BCUT2D eigenvalue weighted by atomic mass is 10.1. The quantitative estimate of drug-likeness (QED) is 0.675. The summed E-state index contributed by atoms with van der Waals surface area (Å²) in [6.07, 6.45) is 0.407. The molecule has 1 aliphatic heterocycles. The zero-order valence-electron chi connectivity index (χ0n) is 8.71. The summed E-state index contributed by atoms with van der Waals surface area (Å²) in [4.78, 5) is 11.0. The summed E-state index contributed by atoms with van der Waals surface area (Å²) in [6, 6.07) is 0.254. The van der Waals surface area contributed by atoms with E-state index in [1.807, 2.05) is 13.8 Å².